The van der Waals surface area contributed by atoms with Gasteiger partial charge in [-0.3, -0.25) is 4.79 Å². The quantitative estimate of drug-likeness (QED) is 0.692. The molecule has 0 spiro atoms. The fourth-order valence-corrected chi connectivity index (χ4v) is 1.98. The molecular formula is C13H17BNO. The maximum Gasteiger partial charge on any atom is 0.253 e. The average Bonchev–Trinajstić information content (AvgIpc) is 2.81. The standard InChI is InChI=1S/C13H17BNO/c1-10(2)11-4-3-5-12(8-11)13(16)15-7-6-14-9-15/h3-5,8,10H,6-7,9H2,1-2H3. The molecule has 1 aromatic rings. The Labute approximate surface area is 97.9 Å². The van der Waals surface area contributed by atoms with Gasteiger partial charge >= 0.3 is 0 Å². The van der Waals surface area contributed by atoms with E-state index >= 15 is 0 Å². The van der Waals surface area contributed by atoms with Gasteiger partial charge in [0, 0.05) is 12.1 Å². The number of hydrogen-bond donors (Lipinski definition) is 0. The lowest BCUT2D eigenvalue weighted by atomic mass is 9.79. The predicted octanol–water partition coefficient (Wildman–Crippen LogP) is 2.35. The maximum absolute atomic E-state index is 12.1. The molecule has 83 valence electrons. The molecule has 1 aliphatic heterocycles. The van der Waals surface area contributed by atoms with Crippen molar-refractivity contribution in [3.8, 4) is 0 Å². The van der Waals surface area contributed by atoms with Crippen LogP contribution in [0.25, 0.3) is 0 Å². The molecular weight excluding hydrogens is 197 g/mol. The lowest BCUT2D eigenvalue weighted by Crippen LogP contribution is -2.28. The number of hydrogen-bond acceptors (Lipinski definition) is 1. The van der Waals surface area contributed by atoms with Gasteiger partial charge in [-0.25, -0.2) is 0 Å². The Morgan fingerprint density at radius 2 is 2.25 bits per heavy atom. The summed E-state index contributed by atoms with van der Waals surface area (Å²) in [6.07, 6.45) is 1.82. The van der Waals surface area contributed by atoms with Gasteiger partial charge in [0.1, 0.15) is 7.28 Å². The van der Waals surface area contributed by atoms with Gasteiger partial charge in [0.15, 0.2) is 0 Å². The molecule has 0 N–H and O–H groups in total. The van der Waals surface area contributed by atoms with Gasteiger partial charge in [0.25, 0.3) is 5.91 Å². The van der Waals surface area contributed by atoms with Crippen molar-refractivity contribution >= 4 is 13.2 Å². The minimum absolute atomic E-state index is 0.163. The third kappa shape index (κ3) is 2.29. The fraction of sp³-hybridized carbons (Fsp3) is 0.462. The first-order chi connectivity index (χ1) is 7.68. The molecule has 0 aromatic heterocycles. The molecule has 2 rings (SSSR count). The first-order valence-corrected chi connectivity index (χ1v) is 5.89. The first kappa shape index (κ1) is 11.2. The number of nitrogens with zero attached hydrogens (tertiary/aromatic N) is 1. The van der Waals surface area contributed by atoms with E-state index in [9.17, 15) is 4.79 Å². The van der Waals surface area contributed by atoms with Crippen molar-refractivity contribution in [2.75, 3.05) is 13.0 Å². The Morgan fingerprint density at radius 1 is 1.44 bits per heavy atom. The summed E-state index contributed by atoms with van der Waals surface area (Å²) >= 11 is 0. The van der Waals surface area contributed by atoms with Crippen LogP contribution in [0, 0.1) is 0 Å². The van der Waals surface area contributed by atoms with Crippen molar-refractivity contribution in [1.82, 2.24) is 4.90 Å². The third-order valence-electron chi connectivity index (χ3n) is 3.04. The van der Waals surface area contributed by atoms with E-state index in [-0.39, 0.29) is 5.91 Å². The third-order valence-corrected chi connectivity index (χ3v) is 3.04. The molecule has 16 heavy (non-hydrogen) atoms. The van der Waals surface area contributed by atoms with Gasteiger partial charge < -0.3 is 4.90 Å². The van der Waals surface area contributed by atoms with Crippen molar-refractivity contribution in [2.24, 2.45) is 0 Å². The fourth-order valence-electron chi connectivity index (χ4n) is 1.98. The van der Waals surface area contributed by atoms with Crippen molar-refractivity contribution in [2.45, 2.75) is 26.1 Å². The Morgan fingerprint density at radius 3 is 2.88 bits per heavy atom. The number of carbonyl (C=O) groups is 1. The van der Waals surface area contributed by atoms with Crippen LogP contribution in [-0.2, 0) is 0 Å². The van der Waals surface area contributed by atoms with Gasteiger partial charge in [-0.1, -0.05) is 32.3 Å². The highest BCUT2D eigenvalue weighted by Gasteiger charge is 2.20. The topological polar surface area (TPSA) is 20.3 Å². The largest absolute Gasteiger partial charge is 0.348 e. The van der Waals surface area contributed by atoms with Crippen LogP contribution in [0.1, 0.15) is 35.7 Å². The van der Waals surface area contributed by atoms with E-state index in [1.807, 2.05) is 23.1 Å². The van der Waals surface area contributed by atoms with Crippen LogP contribution in [0.4, 0.5) is 0 Å². The normalized spacial score (nSPS) is 15.3. The summed E-state index contributed by atoms with van der Waals surface area (Å²) in [6.45, 7) is 5.16. The Bertz CT molecular complexity index is 383. The maximum atomic E-state index is 12.1. The van der Waals surface area contributed by atoms with Crippen LogP contribution in [0.15, 0.2) is 24.3 Å². The molecule has 1 aliphatic rings. The molecule has 1 heterocycles. The van der Waals surface area contributed by atoms with E-state index in [1.165, 1.54) is 5.56 Å². The lowest BCUT2D eigenvalue weighted by Gasteiger charge is -2.16. The van der Waals surface area contributed by atoms with Gasteiger partial charge in [-0.2, -0.15) is 0 Å². The monoisotopic (exact) mass is 214 g/mol. The minimum atomic E-state index is 0.163. The summed E-state index contributed by atoms with van der Waals surface area (Å²) in [6, 6.07) is 7.98. The Balaban J connectivity index is 2.19. The van der Waals surface area contributed by atoms with Crippen molar-refractivity contribution < 1.29 is 4.79 Å². The van der Waals surface area contributed by atoms with E-state index in [2.05, 4.69) is 27.2 Å². The van der Waals surface area contributed by atoms with Gasteiger partial charge in [0.2, 0.25) is 0 Å². The second-order valence-corrected chi connectivity index (χ2v) is 4.61. The SMILES string of the molecule is CC(C)c1cccc(C(=O)N2C[B]CC2)c1. The number of carbonyl (C=O) groups excluding carboxylic acids is 1. The van der Waals surface area contributed by atoms with Crippen LogP contribution in [0.2, 0.25) is 6.32 Å². The van der Waals surface area contributed by atoms with Gasteiger partial charge in [-0.05, 0) is 30.1 Å². The van der Waals surface area contributed by atoms with E-state index in [0.717, 1.165) is 24.9 Å². The molecule has 0 atom stereocenters. The second kappa shape index (κ2) is 4.73. The van der Waals surface area contributed by atoms with E-state index in [1.54, 1.807) is 0 Å². The molecule has 2 nitrogen and oxygen atoms in total. The summed E-state index contributed by atoms with van der Waals surface area (Å²) in [4.78, 5) is 14.0. The van der Waals surface area contributed by atoms with Gasteiger partial charge in [-0.15, -0.1) is 0 Å². The van der Waals surface area contributed by atoms with Crippen LogP contribution in [0.3, 0.4) is 0 Å². The molecule has 1 radical (unpaired) electrons. The highest BCUT2D eigenvalue weighted by molar-refractivity contribution is 6.37. The molecule has 0 bridgehead atoms. The zero-order chi connectivity index (χ0) is 11.5. The minimum Gasteiger partial charge on any atom is -0.348 e. The van der Waals surface area contributed by atoms with Crippen molar-refractivity contribution in [3.05, 3.63) is 35.4 Å². The second-order valence-electron chi connectivity index (χ2n) is 4.61. The van der Waals surface area contributed by atoms with Crippen molar-refractivity contribution in [1.29, 1.82) is 0 Å². The highest BCUT2D eigenvalue weighted by atomic mass is 16.2. The molecule has 1 amide bonds. The predicted molar refractivity (Wildman–Crippen MR) is 67.0 cm³/mol. The zero-order valence-electron chi connectivity index (χ0n) is 9.94. The molecule has 1 fully saturated rings. The summed E-state index contributed by atoms with van der Waals surface area (Å²) < 4.78 is 0. The Hall–Kier alpha value is -1.25. The van der Waals surface area contributed by atoms with Crippen LogP contribution in [0.5, 0.6) is 0 Å². The van der Waals surface area contributed by atoms with E-state index in [0.29, 0.717) is 5.92 Å². The average molecular weight is 214 g/mol. The molecule has 0 aliphatic carbocycles. The lowest BCUT2D eigenvalue weighted by molar-refractivity contribution is 0.0801. The molecule has 0 saturated carbocycles. The molecule has 0 unspecified atom stereocenters. The molecule has 3 heteroatoms. The number of benzene rings is 1. The number of amides is 1. The van der Waals surface area contributed by atoms with Gasteiger partial charge in [0.05, 0.1) is 0 Å². The first-order valence-electron chi connectivity index (χ1n) is 5.89. The number of rotatable bonds is 2. The molecule has 1 saturated heterocycles. The highest BCUT2D eigenvalue weighted by Crippen LogP contribution is 2.17. The van der Waals surface area contributed by atoms with E-state index < -0.39 is 0 Å². The smallest absolute Gasteiger partial charge is 0.253 e. The van der Waals surface area contributed by atoms with Crippen LogP contribution < -0.4 is 0 Å². The summed E-state index contributed by atoms with van der Waals surface area (Å²) in [5.74, 6) is 0.633. The summed E-state index contributed by atoms with van der Waals surface area (Å²) in [7, 11) is 2.16. The zero-order valence-corrected chi connectivity index (χ0v) is 9.94. The molecule has 1 aromatic carbocycles. The van der Waals surface area contributed by atoms with E-state index in [4.69, 9.17) is 0 Å². The summed E-state index contributed by atoms with van der Waals surface area (Å²) in [5, 5.41) is 0. The van der Waals surface area contributed by atoms with Crippen LogP contribution in [-0.4, -0.2) is 31.1 Å². The summed E-state index contributed by atoms with van der Waals surface area (Å²) in [5.41, 5.74) is 2.05. The Kier molecular flexibility index (Phi) is 3.32. The van der Waals surface area contributed by atoms with Crippen molar-refractivity contribution in [3.63, 3.8) is 0 Å². The van der Waals surface area contributed by atoms with Crippen LogP contribution >= 0.6 is 0 Å².